The second-order valence-electron chi connectivity index (χ2n) is 6.31. The number of likely N-dealkylation sites (tertiary alicyclic amines) is 1. The van der Waals surface area contributed by atoms with Crippen molar-refractivity contribution < 1.29 is 9.13 Å². The summed E-state index contributed by atoms with van der Waals surface area (Å²) in [5, 5.41) is 9.36. The molecule has 0 N–H and O–H groups in total. The van der Waals surface area contributed by atoms with E-state index in [1.165, 1.54) is 13.2 Å². The zero-order chi connectivity index (χ0) is 14.9. The molecule has 2 rings (SSSR count). The molecule has 1 aromatic rings. The van der Waals surface area contributed by atoms with Gasteiger partial charge in [-0.1, -0.05) is 6.07 Å². The molecule has 108 valence electrons. The van der Waals surface area contributed by atoms with E-state index in [1.807, 2.05) is 6.07 Å². The van der Waals surface area contributed by atoms with Crippen molar-refractivity contribution >= 4 is 0 Å². The number of nitriles is 1. The summed E-state index contributed by atoms with van der Waals surface area (Å²) in [7, 11) is 1.45. The maximum atomic E-state index is 13.8. The summed E-state index contributed by atoms with van der Waals surface area (Å²) in [5.41, 5.74) is 0.899. The zero-order valence-electron chi connectivity index (χ0n) is 12.5. The van der Waals surface area contributed by atoms with Crippen molar-refractivity contribution in [2.24, 2.45) is 5.92 Å². The van der Waals surface area contributed by atoms with Crippen molar-refractivity contribution in [2.75, 3.05) is 20.2 Å². The molecule has 0 spiro atoms. The molecule has 3 nitrogen and oxygen atoms in total. The first-order valence-corrected chi connectivity index (χ1v) is 6.85. The maximum absolute atomic E-state index is 13.8. The fourth-order valence-electron chi connectivity index (χ4n) is 2.73. The predicted octanol–water partition coefficient (Wildman–Crippen LogP) is 3.17. The topological polar surface area (TPSA) is 36.3 Å². The average Bonchev–Trinajstić information content (AvgIpc) is 2.82. The summed E-state index contributed by atoms with van der Waals surface area (Å²) in [6.07, 6.45) is 0. The van der Waals surface area contributed by atoms with Crippen LogP contribution in [0.25, 0.3) is 0 Å². The van der Waals surface area contributed by atoms with Gasteiger partial charge in [0.1, 0.15) is 0 Å². The first-order valence-electron chi connectivity index (χ1n) is 6.85. The van der Waals surface area contributed by atoms with E-state index in [-0.39, 0.29) is 28.9 Å². The highest BCUT2D eigenvalue weighted by Crippen LogP contribution is 2.36. The van der Waals surface area contributed by atoms with Crippen LogP contribution in [0.1, 0.15) is 32.3 Å². The van der Waals surface area contributed by atoms with Crippen LogP contribution in [0.2, 0.25) is 0 Å². The fourth-order valence-corrected chi connectivity index (χ4v) is 2.73. The van der Waals surface area contributed by atoms with Gasteiger partial charge in [-0.15, -0.1) is 0 Å². The Labute approximate surface area is 120 Å². The fraction of sp³-hybridized carbons (Fsp3) is 0.562. The Hall–Kier alpha value is -1.60. The lowest BCUT2D eigenvalue weighted by molar-refractivity contribution is 0.170. The molecule has 1 aliphatic rings. The number of halogens is 1. The summed E-state index contributed by atoms with van der Waals surface area (Å²) >= 11 is 0. The molecule has 0 aliphatic carbocycles. The Kier molecular flexibility index (Phi) is 4.01. The second-order valence-corrected chi connectivity index (χ2v) is 6.31. The Balaban J connectivity index is 2.28. The third-order valence-electron chi connectivity index (χ3n) is 4.04. The molecule has 1 aromatic carbocycles. The highest BCUT2D eigenvalue weighted by molar-refractivity contribution is 5.33. The van der Waals surface area contributed by atoms with Gasteiger partial charge < -0.3 is 4.74 Å². The lowest BCUT2D eigenvalue weighted by Gasteiger charge is -2.31. The highest BCUT2D eigenvalue weighted by atomic mass is 19.1. The summed E-state index contributed by atoms with van der Waals surface area (Å²) in [6.45, 7) is 7.93. The van der Waals surface area contributed by atoms with Gasteiger partial charge in [0.2, 0.25) is 0 Å². The van der Waals surface area contributed by atoms with E-state index in [2.05, 4.69) is 31.7 Å². The molecule has 0 unspecified atom stereocenters. The Morgan fingerprint density at radius 1 is 1.35 bits per heavy atom. The number of nitrogens with zero attached hydrogens (tertiary/aromatic N) is 2. The quantitative estimate of drug-likeness (QED) is 0.832. The average molecular weight is 276 g/mol. The number of benzene rings is 1. The molecule has 0 aromatic heterocycles. The van der Waals surface area contributed by atoms with Gasteiger partial charge in [0.05, 0.1) is 19.1 Å². The Morgan fingerprint density at radius 3 is 2.55 bits per heavy atom. The van der Waals surface area contributed by atoms with E-state index in [9.17, 15) is 9.65 Å². The summed E-state index contributed by atoms with van der Waals surface area (Å²) in [6, 6.07) is 7.37. The van der Waals surface area contributed by atoms with Crippen LogP contribution < -0.4 is 4.74 Å². The minimum absolute atomic E-state index is 0.0227. The van der Waals surface area contributed by atoms with E-state index >= 15 is 0 Å². The summed E-state index contributed by atoms with van der Waals surface area (Å²) in [4.78, 5) is 2.29. The van der Waals surface area contributed by atoms with Gasteiger partial charge >= 0.3 is 0 Å². The van der Waals surface area contributed by atoms with Gasteiger partial charge in [-0.05, 0) is 38.5 Å². The molecule has 20 heavy (non-hydrogen) atoms. The second kappa shape index (κ2) is 5.41. The van der Waals surface area contributed by atoms with Gasteiger partial charge in [-0.3, -0.25) is 4.90 Å². The van der Waals surface area contributed by atoms with Gasteiger partial charge in [0.25, 0.3) is 0 Å². The number of methoxy groups -OCH3 is 1. The van der Waals surface area contributed by atoms with Crippen molar-refractivity contribution in [2.45, 2.75) is 32.2 Å². The van der Waals surface area contributed by atoms with Gasteiger partial charge in [0, 0.05) is 24.5 Å². The minimum Gasteiger partial charge on any atom is -0.494 e. The number of hydrogen-bond donors (Lipinski definition) is 0. The predicted molar refractivity (Wildman–Crippen MR) is 76.1 cm³/mol. The van der Waals surface area contributed by atoms with Crippen LogP contribution in [0.5, 0.6) is 5.75 Å². The van der Waals surface area contributed by atoms with E-state index < -0.39 is 0 Å². The lowest BCUT2D eigenvalue weighted by atomic mass is 9.90. The van der Waals surface area contributed by atoms with E-state index in [4.69, 9.17) is 4.74 Å². The monoisotopic (exact) mass is 276 g/mol. The van der Waals surface area contributed by atoms with Crippen molar-refractivity contribution in [1.82, 2.24) is 4.90 Å². The molecule has 1 aliphatic heterocycles. The van der Waals surface area contributed by atoms with Crippen molar-refractivity contribution in [3.63, 3.8) is 0 Å². The molecule has 1 fully saturated rings. The van der Waals surface area contributed by atoms with Gasteiger partial charge in [-0.2, -0.15) is 5.26 Å². The molecule has 1 saturated heterocycles. The number of rotatable bonds is 2. The molecule has 4 heteroatoms. The molecule has 1 heterocycles. The van der Waals surface area contributed by atoms with Crippen molar-refractivity contribution in [3.05, 3.63) is 29.6 Å². The minimum atomic E-state index is -0.365. The molecule has 0 saturated carbocycles. The Morgan fingerprint density at radius 2 is 2.05 bits per heavy atom. The summed E-state index contributed by atoms with van der Waals surface area (Å²) in [5.74, 6) is -0.162. The van der Waals surface area contributed by atoms with Gasteiger partial charge in [-0.25, -0.2) is 4.39 Å². The standard InChI is InChI=1S/C16H21FN2O/c1-16(2,3)19-9-12(8-18)13(10-19)11-5-6-15(20-4)14(17)7-11/h5-7,12-13H,9-10H2,1-4H3/t12-,13+/m0/s1. The first-order chi connectivity index (χ1) is 9.36. The van der Waals surface area contributed by atoms with Crippen LogP contribution in [-0.4, -0.2) is 30.6 Å². The Bertz CT molecular complexity index is 530. The smallest absolute Gasteiger partial charge is 0.165 e. The molecular formula is C16H21FN2O. The van der Waals surface area contributed by atoms with Crippen LogP contribution in [0.4, 0.5) is 4.39 Å². The largest absolute Gasteiger partial charge is 0.494 e. The number of hydrogen-bond acceptors (Lipinski definition) is 3. The SMILES string of the molecule is COc1ccc([C@H]2CN(C(C)(C)C)C[C@@H]2C#N)cc1F. The molecule has 0 amide bonds. The van der Waals surface area contributed by atoms with Crippen LogP contribution in [0.3, 0.4) is 0 Å². The van der Waals surface area contributed by atoms with Crippen molar-refractivity contribution in [3.8, 4) is 11.8 Å². The molecule has 0 radical (unpaired) electrons. The third-order valence-corrected chi connectivity index (χ3v) is 4.04. The van der Waals surface area contributed by atoms with E-state index in [0.717, 1.165) is 18.7 Å². The van der Waals surface area contributed by atoms with E-state index in [1.54, 1.807) is 6.07 Å². The number of ether oxygens (including phenoxy) is 1. The molecule has 2 atom stereocenters. The van der Waals surface area contributed by atoms with Crippen LogP contribution in [0.15, 0.2) is 18.2 Å². The molecular weight excluding hydrogens is 255 g/mol. The third kappa shape index (κ3) is 2.78. The maximum Gasteiger partial charge on any atom is 0.165 e. The van der Waals surface area contributed by atoms with E-state index in [0.29, 0.717) is 0 Å². The van der Waals surface area contributed by atoms with Crippen LogP contribution >= 0.6 is 0 Å². The van der Waals surface area contributed by atoms with Crippen LogP contribution in [0, 0.1) is 23.1 Å². The lowest BCUT2D eigenvalue weighted by Crippen LogP contribution is -2.39. The normalized spacial score (nSPS) is 23.6. The van der Waals surface area contributed by atoms with Crippen LogP contribution in [-0.2, 0) is 0 Å². The zero-order valence-corrected chi connectivity index (χ0v) is 12.5. The van der Waals surface area contributed by atoms with Crippen molar-refractivity contribution in [1.29, 1.82) is 5.26 Å². The van der Waals surface area contributed by atoms with Gasteiger partial charge in [0.15, 0.2) is 11.6 Å². The molecule has 0 bridgehead atoms. The highest BCUT2D eigenvalue weighted by Gasteiger charge is 2.38. The summed E-state index contributed by atoms with van der Waals surface area (Å²) < 4.78 is 18.8. The first kappa shape index (κ1) is 14.8.